The number of nitrogens with one attached hydrogen (secondary N) is 2. The van der Waals surface area contributed by atoms with Crippen molar-refractivity contribution in [3.63, 3.8) is 0 Å². The monoisotopic (exact) mass is 379 g/mol. The molecule has 0 saturated carbocycles. The molecule has 3 heterocycles. The number of pyridine rings is 1. The summed E-state index contributed by atoms with van der Waals surface area (Å²) in [7, 11) is 0. The van der Waals surface area contributed by atoms with Gasteiger partial charge >= 0.3 is 0 Å². The molecule has 0 spiro atoms. The van der Waals surface area contributed by atoms with Crippen LogP contribution in [-0.4, -0.2) is 26.1 Å². The summed E-state index contributed by atoms with van der Waals surface area (Å²) < 4.78 is 13.4. The summed E-state index contributed by atoms with van der Waals surface area (Å²) in [5.74, 6) is -0.275. The molecular formula is C19H14FN5OS. The van der Waals surface area contributed by atoms with Crippen molar-refractivity contribution in [1.82, 2.24) is 20.2 Å². The van der Waals surface area contributed by atoms with Crippen molar-refractivity contribution in [2.24, 2.45) is 0 Å². The number of carbonyl (C=O) groups excluding carboxylic acids is 1. The van der Waals surface area contributed by atoms with Crippen LogP contribution in [-0.2, 0) is 0 Å². The Balaban J connectivity index is 1.54. The Morgan fingerprint density at radius 3 is 2.81 bits per heavy atom. The minimum Gasteiger partial charge on any atom is -0.304 e. The number of anilines is 1. The van der Waals surface area contributed by atoms with Gasteiger partial charge in [0.1, 0.15) is 15.7 Å². The van der Waals surface area contributed by atoms with E-state index in [-0.39, 0.29) is 11.7 Å². The standard InChI is InChI=1S/C19H14FN5OS/c1-11-17(27-19(22-11)13-5-3-7-21-10-13)18(26)23-16-9-15(24-25-16)12-4-2-6-14(20)8-12/h2-10H,1H3,(H2,23,24,25,26). The SMILES string of the molecule is Cc1nc(-c2cccnc2)sc1C(=O)Nc1cc(-c2cccc(F)c2)[nH]n1. The maximum absolute atomic E-state index is 13.4. The molecule has 3 aromatic heterocycles. The van der Waals surface area contributed by atoms with Crippen LogP contribution in [0.25, 0.3) is 21.8 Å². The van der Waals surface area contributed by atoms with E-state index in [0.29, 0.717) is 27.6 Å². The van der Waals surface area contributed by atoms with E-state index in [9.17, 15) is 9.18 Å². The number of rotatable bonds is 4. The summed E-state index contributed by atoms with van der Waals surface area (Å²) in [5.41, 5.74) is 2.76. The highest BCUT2D eigenvalue weighted by atomic mass is 32.1. The summed E-state index contributed by atoms with van der Waals surface area (Å²) in [5, 5.41) is 10.4. The molecule has 27 heavy (non-hydrogen) atoms. The Labute approximate surface area is 158 Å². The largest absolute Gasteiger partial charge is 0.304 e. The molecule has 0 aliphatic carbocycles. The second-order valence-corrected chi connectivity index (χ2v) is 6.81. The van der Waals surface area contributed by atoms with Crippen molar-refractivity contribution in [3.05, 3.63) is 71.2 Å². The molecule has 4 rings (SSSR count). The number of aromatic nitrogens is 4. The molecule has 1 aromatic carbocycles. The number of carbonyl (C=O) groups is 1. The van der Waals surface area contributed by atoms with Gasteiger partial charge in [0.05, 0.1) is 11.4 Å². The Morgan fingerprint density at radius 2 is 2.04 bits per heavy atom. The van der Waals surface area contributed by atoms with Gasteiger partial charge in [-0.1, -0.05) is 12.1 Å². The zero-order valence-electron chi connectivity index (χ0n) is 14.2. The van der Waals surface area contributed by atoms with E-state index in [1.165, 1.54) is 23.5 Å². The van der Waals surface area contributed by atoms with Gasteiger partial charge in [-0.3, -0.25) is 14.9 Å². The first kappa shape index (κ1) is 17.0. The lowest BCUT2D eigenvalue weighted by atomic mass is 10.1. The third kappa shape index (κ3) is 3.61. The number of amides is 1. The van der Waals surface area contributed by atoms with Gasteiger partial charge in [0.15, 0.2) is 5.82 Å². The molecule has 0 aliphatic rings. The van der Waals surface area contributed by atoms with Crippen LogP contribution in [0.3, 0.4) is 0 Å². The van der Waals surface area contributed by atoms with E-state index in [1.54, 1.807) is 37.5 Å². The number of aromatic amines is 1. The topological polar surface area (TPSA) is 83.6 Å². The first-order chi connectivity index (χ1) is 13.1. The van der Waals surface area contributed by atoms with E-state index >= 15 is 0 Å². The van der Waals surface area contributed by atoms with Gasteiger partial charge < -0.3 is 5.32 Å². The van der Waals surface area contributed by atoms with Gasteiger partial charge in [-0.25, -0.2) is 9.37 Å². The van der Waals surface area contributed by atoms with E-state index in [0.717, 1.165) is 10.6 Å². The molecule has 0 saturated heterocycles. The average Bonchev–Trinajstić information content (AvgIpc) is 3.29. The number of aryl methyl sites for hydroxylation is 1. The Kier molecular flexibility index (Phi) is 4.47. The molecule has 0 aliphatic heterocycles. The molecule has 0 unspecified atom stereocenters. The highest BCUT2D eigenvalue weighted by Gasteiger charge is 2.17. The number of hydrogen-bond acceptors (Lipinski definition) is 5. The molecule has 0 bridgehead atoms. The van der Waals surface area contributed by atoms with Gasteiger partial charge in [-0.05, 0) is 31.2 Å². The normalized spacial score (nSPS) is 10.7. The molecule has 6 nitrogen and oxygen atoms in total. The number of nitrogens with zero attached hydrogens (tertiary/aromatic N) is 3. The van der Waals surface area contributed by atoms with Crippen LogP contribution in [0.4, 0.5) is 10.2 Å². The fraction of sp³-hybridized carbons (Fsp3) is 0.0526. The summed E-state index contributed by atoms with van der Waals surface area (Å²) >= 11 is 1.29. The molecule has 0 atom stereocenters. The molecule has 4 aromatic rings. The molecule has 134 valence electrons. The summed E-state index contributed by atoms with van der Waals surface area (Å²) in [6, 6.07) is 11.5. The fourth-order valence-corrected chi connectivity index (χ4v) is 3.53. The number of H-pyrrole nitrogens is 1. The van der Waals surface area contributed by atoms with Crippen LogP contribution in [0.5, 0.6) is 0 Å². The summed E-state index contributed by atoms with van der Waals surface area (Å²) in [4.78, 5) is 21.6. The Morgan fingerprint density at radius 1 is 1.19 bits per heavy atom. The number of halogens is 1. The second kappa shape index (κ2) is 7.08. The van der Waals surface area contributed by atoms with Gasteiger partial charge in [-0.2, -0.15) is 5.10 Å². The lowest BCUT2D eigenvalue weighted by Crippen LogP contribution is -2.11. The highest BCUT2D eigenvalue weighted by Crippen LogP contribution is 2.28. The van der Waals surface area contributed by atoms with Crippen molar-refractivity contribution in [1.29, 1.82) is 0 Å². The lowest BCUT2D eigenvalue weighted by Gasteiger charge is -1.99. The van der Waals surface area contributed by atoms with Gasteiger partial charge in [0.2, 0.25) is 0 Å². The van der Waals surface area contributed by atoms with Crippen LogP contribution < -0.4 is 5.32 Å². The lowest BCUT2D eigenvalue weighted by molar-refractivity contribution is 0.102. The minimum atomic E-state index is -0.337. The van der Waals surface area contributed by atoms with E-state index in [2.05, 4.69) is 25.5 Å². The van der Waals surface area contributed by atoms with Crippen LogP contribution in [0.2, 0.25) is 0 Å². The summed E-state index contributed by atoms with van der Waals surface area (Å²) in [6.07, 6.45) is 3.39. The second-order valence-electron chi connectivity index (χ2n) is 5.81. The van der Waals surface area contributed by atoms with Crippen molar-refractivity contribution < 1.29 is 9.18 Å². The van der Waals surface area contributed by atoms with E-state index in [1.807, 2.05) is 12.1 Å². The average molecular weight is 379 g/mol. The molecule has 1 amide bonds. The van der Waals surface area contributed by atoms with Crippen molar-refractivity contribution in [2.45, 2.75) is 6.92 Å². The smallest absolute Gasteiger partial charge is 0.268 e. The maximum Gasteiger partial charge on any atom is 0.268 e. The van der Waals surface area contributed by atoms with Gasteiger partial charge in [-0.15, -0.1) is 11.3 Å². The number of benzene rings is 1. The van der Waals surface area contributed by atoms with Crippen molar-refractivity contribution in [3.8, 4) is 21.8 Å². The van der Waals surface area contributed by atoms with E-state index < -0.39 is 0 Å². The molecule has 2 N–H and O–H groups in total. The van der Waals surface area contributed by atoms with Crippen molar-refractivity contribution >= 4 is 23.1 Å². The maximum atomic E-state index is 13.4. The van der Waals surface area contributed by atoms with Crippen molar-refractivity contribution in [2.75, 3.05) is 5.32 Å². The number of thiazole rings is 1. The van der Waals surface area contributed by atoms with Gasteiger partial charge in [0.25, 0.3) is 5.91 Å². The van der Waals surface area contributed by atoms with Crippen LogP contribution in [0, 0.1) is 12.7 Å². The molecule has 8 heteroatoms. The van der Waals surface area contributed by atoms with Crippen LogP contribution >= 0.6 is 11.3 Å². The van der Waals surface area contributed by atoms with Crippen LogP contribution in [0.1, 0.15) is 15.4 Å². The zero-order chi connectivity index (χ0) is 18.8. The first-order valence-corrected chi connectivity index (χ1v) is 8.92. The fourth-order valence-electron chi connectivity index (χ4n) is 2.58. The molecule has 0 fully saturated rings. The summed E-state index contributed by atoms with van der Waals surface area (Å²) in [6.45, 7) is 1.79. The predicted molar refractivity (Wildman–Crippen MR) is 102 cm³/mol. The molecular weight excluding hydrogens is 365 g/mol. The predicted octanol–water partition coefficient (Wildman–Crippen LogP) is 4.30. The quantitative estimate of drug-likeness (QED) is 0.554. The van der Waals surface area contributed by atoms with Crippen LogP contribution in [0.15, 0.2) is 54.9 Å². The Bertz CT molecular complexity index is 1110. The van der Waals surface area contributed by atoms with E-state index in [4.69, 9.17) is 0 Å². The van der Waals surface area contributed by atoms with Gasteiger partial charge in [0, 0.05) is 29.6 Å². The minimum absolute atomic E-state index is 0.294. The third-order valence-electron chi connectivity index (χ3n) is 3.87. The zero-order valence-corrected chi connectivity index (χ0v) is 15.0. The first-order valence-electron chi connectivity index (χ1n) is 8.10. The third-order valence-corrected chi connectivity index (χ3v) is 5.07. The highest BCUT2D eigenvalue weighted by molar-refractivity contribution is 7.17. The number of hydrogen-bond donors (Lipinski definition) is 2. The molecule has 0 radical (unpaired) electrons. The Hall–Kier alpha value is -3.39.